The lowest BCUT2D eigenvalue weighted by atomic mass is 10.1. The molecular weight excluding hydrogens is 208 g/mol. The van der Waals surface area contributed by atoms with Gasteiger partial charge < -0.3 is 20.5 Å². The number of ether oxygens (including phenoxy) is 2. The van der Waals surface area contributed by atoms with Crippen LogP contribution in [0.5, 0.6) is 0 Å². The summed E-state index contributed by atoms with van der Waals surface area (Å²) in [6.07, 6.45) is 3.56. The lowest BCUT2D eigenvalue weighted by Crippen LogP contribution is -2.45. The van der Waals surface area contributed by atoms with Gasteiger partial charge >= 0.3 is 0 Å². The number of likely N-dealkylation sites (N-methyl/N-ethyl adjacent to an activating group) is 1. The molecule has 0 spiro atoms. The Morgan fingerprint density at radius 3 is 3.00 bits per heavy atom. The van der Waals surface area contributed by atoms with Gasteiger partial charge in [-0.25, -0.2) is 0 Å². The van der Waals surface area contributed by atoms with Crippen LogP contribution >= 0.6 is 0 Å². The average molecular weight is 230 g/mol. The van der Waals surface area contributed by atoms with Crippen molar-refractivity contribution in [2.75, 3.05) is 26.4 Å². The molecule has 0 bridgehead atoms. The number of primary amides is 1. The van der Waals surface area contributed by atoms with E-state index in [4.69, 9.17) is 15.2 Å². The fourth-order valence-corrected chi connectivity index (χ4v) is 1.74. The third-order valence-electron chi connectivity index (χ3n) is 2.66. The van der Waals surface area contributed by atoms with Crippen molar-refractivity contribution in [3.63, 3.8) is 0 Å². The molecule has 3 N–H and O–H groups in total. The summed E-state index contributed by atoms with van der Waals surface area (Å²) >= 11 is 0. The smallest absolute Gasteiger partial charge is 0.236 e. The molecule has 1 saturated heterocycles. The summed E-state index contributed by atoms with van der Waals surface area (Å²) in [6, 6.07) is -0.395. The van der Waals surface area contributed by atoms with E-state index in [9.17, 15) is 4.79 Å². The first-order valence-electron chi connectivity index (χ1n) is 5.96. The van der Waals surface area contributed by atoms with Gasteiger partial charge in [-0.05, 0) is 25.8 Å². The molecule has 1 aliphatic rings. The molecule has 1 heterocycles. The Labute approximate surface area is 96.7 Å². The summed E-state index contributed by atoms with van der Waals surface area (Å²) in [6.45, 7) is 4.33. The van der Waals surface area contributed by atoms with Gasteiger partial charge in [0, 0.05) is 6.61 Å². The Morgan fingerprint density at radius 1 is 1.62 bits per heavy atom. The first-order valence-corrected chi connectivity index (χ1v) is 5.96. The molecule has 2 unspecified atom stereocenters. The predicted molar refractivity (Wildman–Crippen MR) is 61.1 cm³/mol. The Morgan fingerprint density at radius 2 is 2.44 bits per heavy atom. The van der Waals surface area contributed by atoms with E-state index >= 15 is 0 Å². The molecule has 0 aromatic heterocycles. The molecule has 0 radical (unpaired) electrons. The number of rotatable bonds is 7. The van der Waals surface area contributed by atoms with E-state index in [1.165, 1.54) is 6.42 Å². The van der Waals surface area contributed by atoms with Gasteiger partial charge in [0.2, 0.25) is 5.91 Å². The van der Waals surface area contributed by atoms with Gasteiger partial charge in [-0.15, -0.1) is 0 Å². The van der Waals surface area contributed by atoms with Gasteiger partial charge in [0.25, 0.3) is 0 Å². The summed E-state index contributed by atoms with van der Waals surface area (Å²) < 4.78 is 11.0. The van der Waals surface area contributed by atoms with E-state index in [1.807, 2.05) is 6.92 Å². The van der Waals surface area contributed by atoms with Crippen LogP contribution in [0, 0.1) is 0 Å². The highest BCUT2D eigenvalue weighted by Crippen LogP contribution is 2.12. The number of hydrogen-bond acceptors (Lipinski definition) is 4. The highest BCUT2D eigenvalue weighted by molar-refractivity contribution is 5.79. The van der Waals surface area contributed by atoms with Gasteiger partial charge in [-0.3, -0.25) is 4.79 Å². The van der Waals surface area contributed by atoms with Crippen LogP contribution in [0.15, 0.2) is 0 Å². The Balaban J connectivity index is 2.13. The van der Waals surface area contributed by atoms with Crippen molar-refractivity contribution in [1.29, 1.82) is 0 Å². The van der Waals surface area contributed by atoms with Crippen molar-refractivity contribution >= 4 is 5.91 Å². The van der Waals surface area contributed by atoms with Crippen LogP contribution < -0.4 is 11.1 Å². The van der Waals surface area contributed by atoms with Crippen molar-refractivity contribution < 1.29 is 14.3 Å². The number of nitrogens with one attached hydrogen (secondary N) is 1. The molecule has 1 rings (SSSR count). The molecule has 0 aromatic rings. The minimum atomic E-state index is -0.395. The Bertz CT molecular complexity index is 205. The van der Waals surface area contributed by atoms with Crippen LogP contribution in [0.25, 0.3) is 0 Å². The van der Waals surface area contributed by atoms with E-state index in [0.29, 0.717) is 19.8 Å². The molecule has 5 heteroatoms. The van der Waals surface area contributed by atoms with Crippen molar-refractivity contribution in [1.82, 2.24) is 5.32 Å². The van der Waals surface area contributed by atoms with Crippen molar-refractivity contribution in [2.45, 2.75) is 38.3 Å². The maximum absolute atomic E-state index is 11.0. The Kier molecular flexibility index (Phi) is 6.37. The first kappa shape index (κ1) is 13.4. The number of nitrogens with two attached hydrogens (primary N) is 1. The SMILES string of the molecule is CCNC(COCC1CCCCO1)C(N)=O. The van der Waals surface area contributed by atoms with E-state index in [1.54, 1.807) is 0 Å². The maximum Gasteiger partial charge on any atom is 0.236 e. The van der Waals surface area contributed by atoms with Gasteiger partial charge in [0.1, 0.15) is 6.04 Å². The molecule has 1 fully saturated rings. The molecule has 1 amide bonds. The van der Waals surface area contributed by atoms with E-state index in [-0.39, 0.29) is 12.0 Å². The lowest BCUT2D eigenvalue weighted by molar-refractivity contribution is -0.122. The van der Waals surface area contributed by atoms with Gasteiger partial charge in [-0.1, -0.05) is 6.92 Å². The first-order chi connectivity index (χ1) is 7.74. The second-order valence-corrected chi connectivity index (χ2v) is 4.04. The minimum absolute atomic E-state index is 0.184. The number of hydrogen-bond donors (Lipinski definition) is 2. The molecule has 5 nitrogen and oxygen atoms in total. The van der Waals surface area contributed by atoms with Crippen LogP contribution in [0.4, 0.5) is 0 Å². The predicted octanol–water partition coefficient (Wildman–Crippen LogP) is 0.0355. The monoisotopic (exact) mass is 230 g/mol. The van der Waals surface area contributed by atoms with Crippen LogP contribution in [0.2, 0.25) is 0 Å². The van der Waals surface area contributed by atoms with Gasteiger partial charge in [-0.2, -0.15) is 0 Å². The topological polar surface area (TPSA) is 73.6 Å². The molecule has 0 aromatic carbocycles. The quantitative estimate of drug-likeness (QED) is 0.647. The summed E-state index contributed by atoms with van der Waals surface area (Å²) in [4.78, 5) is 11.0. The number of amides is 1. The second-order valence-electron chi connectivity index (χ2n) is 4.04. The van der Waals surface area contributed by atoms with Gasteiger partial charge in [0.15, 0.2) is 0 Å². The van der Waals surface area contributed by atoms with E-state index in [2.05, 4.69) is 5.32 Å². The van der Waals surface area contributed by atoms with Gasteiger partial charge in [0.05, 0.1) is 19.3 Å². The number of carbonyl (C=O) groups is 1. The normalized spacial score (nSPS) is 22.9. The zero-order valence-corrected chi connectivity index (χ0v) is 9.91. The maximum atomic E-state index is 11.0. The van der Waals surface area contributed by atoms with E-state index < -0.39 is 6.04 Å². The van der Waals surface area contributed by atoms with Crippen LogP contribution in [-0.4, -0.2) is 44.4 Å². The molecule has 0 aliphatic carbocycles. The summed E-state index contributed by atoms with van der Waals surface area (Å²) in [5, 5.41) is 2.98. The van der Waals surface area contributed by atoms with Crippen molar-refractivity contribution in [2.24, 2.45) is 5.73 Å². The molecule has 0 saturated carbocycles. The number of carbonyl (C=O) groups excluding carboxylic acids is 1. The van der Waals surface area contributed by atoms with Crippen LogP contribution in [0.1, 0.15) is 26.2 Å². The fraction of sp³-hybridized carbons (Fsp3) is 0.909. The summed E-state index contributed by atoms with van der Waals surface area (Å²) in [7, 11) is 0. The fourth-order valence-electron chi connectivity index (χ4n) is 1.74. The summed E-state index contributed by atoms with van der Waals surface area (Å²) in [5.41, 5.74) is 5.23. The highest BCUT2D eigenvalue weighted by atomic mass is 16.5. The van der Waals surface area contributed by atoms with Crippen LogP contribution in [0.3, 0.4) is 0 Å². The van der Waals surface area contributed by atoms with E-state index in [0.717, 1.165) is 19.4 Å². The third kappa shape index (κ3) is 4.92. The Hall–Kier alpha value is -0.650. The van der Waals surface area contributed by atoms with Crippen molar-refractivity contribution in [3.05, 3.63) is 0 Å². The van der Waals surface area contributed by atoms with Crippen molar-refractivity contribution in [3.8, 4) is 0 Å². The zero-order chi connectivity index (χ0) is 11.8. The third-order valence-corrected chi connectivity index (χ3v) is 2.66. The van der Waals surface area contributed by atoms with Crippen LogP contribution in [-0.2, 0) is 14.3 Å². The second kappa shape index (κ2) is 7.60. The lowest BCUT2D eigenvalue weighted by Gasteiger charge is -2.23. The molecule has 1 aliphatic heterocycles. The molecule has 16 heavy (non-hydrogen) atoms. The zero-order valence-electron chi connectivity index (χ0n) is 9.91. The average Bonchev–Trinajstić information content (AvgIpc) is 2.29. The highest BCUT2D eigenvalue weighted by Gasteiger charge is 2.17. The molecule has 2 atom stereocenters. The minimum Gasteiger partial charge on any atom is -0.377 e. The molecule has 94 valence electrons. The molecular formula is C11H22N2O3. The summed E-state index contributed by atoms with van der Waals surface area (Å²) in [5.74, 6) is -0.369. The largest absolute Gasteiger partial charge is 0.377 e. The standard InChI is InChI=1S/C11H22N2O3/c1-2-13-10(11(12)14)8-15-7-9-5-3-4-6-16-9/h9-10,13H,2-8H2,1H3,(H2,12,14).